The smallest absolute Gasteiger partial charge is 0.236 e. The van der Waals surface area contributed by atoms with Gasteiger partial charge in [-0.2, -0.15) is 0 Å². The Kier molecular flexibility index (Phi) is 4.91. The van der Waals surface area contributed by atoms with Crippen LogP contribution in [0, 0.1) is 0 Å². The van der Waals surface area contributed by atoms with Crippen LogP contribution in [0.4, 0.5) is 0 Å². The van der Waals surface area contributed by atoms with Crippen LogP contribution in [0.2, 0.25) is 0 Å². The molecule has 100 valence electrons. The maximum Gasteiger partial charge on any atom is 0.236 e. The van der Waals surface area contributed by atoms with E-state index in [9.17, 15) is 4.79 Å². The monoisotopic (exact) mass is 248 g/mol. The molecule has 18 heavy (non-hydrogen) atoms. The minimum atomic E-state index is 0.109. The van der Waals surface area contributed by atoms with Crippen molar-refractivity contribution < 1.29 is 4.79 Å². The van der Waals surface area contributed by atoms with Gasteiger partial charge in [-0.05, 0) is 23.6 Å². The Morgan fingerprint density at radius 1 is 1.22 bits per heavy atom. The summed E-state index contributed by atoms with van der Waals surface area (Å²) in [5.74, 6) is 0.109. The number of hydrogen-bond donors (Lipinski definition) is 1. The topological polar surface area (TPSA) is 32.3 Å². The van der Waals surface area contributed by atoms with Gasteiger partial charge in [0.2, 0.25) is 5.91 Å². The average Bonchev–Trinajstić information content (AvgIpc) is 2.28. The van der Waals surface area contributed by atoms with Crippen molar-refractivity contribution in [2.75, 3.05) is 20.6 Å². The molecule has 1 aromatic carbocycles. The van der Waals surface area contributed by atoms with Crippen LogP contribution < -0.4 is 5.32 Å². The first-order chi connectivity index (χ1) is 8.34. The van der Waals surface area contributed by atoms with Crippen LogP contribution >= 0.6 is 0 Å². The Morgan fingerprint density at radius 2 is 1.78 bits per heavy atom. The van der Waals surface area contributed by atoms with Crippen molar-refractivity contribution in [1.29, 1.82) is 0 Å². The third-order valence-corrected chi connectivity index (χ3v) is 2.99. The number of benzene rings is 1. The first-order valence-electron chi connectivity index (χ1n) is 6.32. The second-order valence-electron chi connectivity index (χ2n) is 5.73. The molecule has 0 saturated heterocycles. The van der Waals surface area contributed by atoms with Gasteiger partial charge < -0.3 is 10.2 Å². The van der Waals surface area contributed by atoms with Crippen LogP contribution in [0.15, 0.2) is 24.3 Å². The molecule has 1 rings (SSSR count). The molecule has 0 atom stereocenters. The fourth-order valence-electron chi connectivity index (χ4n) is 1.76. The number of carbonyl (C=O) groups is 1. The van der Waals surface area contributed by atoms with E-state index in [-0.39, 0.29) is 11.3 Å². The molecule has 1 amide bonds. The summed E-state index contributed by atoms with van der Waals surface area (Å²) in [6, 6.07) is 8.49. The summed E-state index contributed by atoms with van der Waals surface area (Å²) < 4.78 is 0. The van der Waals surface area contributed by atoms with Gasteiger partial charge in [-0.3, -0.25) is 4.79 Å². The summed E-state index contributed by atoms with van der Waals surface area (Å²) in [6.07, 6.45) is 0. The highest BCUT2D eigenvalue weighted by molar-refractivity contribution is 5.77. The lowest BCUT2D eigenvalue weighted by Gasteiger charge is -2.21. The van der Waals surface area contributed by atoms with Gasteiger partial charge >= 0.3 is 0 Å². The second-order valence-corrected chi connectivity index (χ2v) is 5.73. The van der Waals surface area contributed by atoms with E-state index in [1.54, 1.807) is 11.9 Å². The zero-order chi connectivity index (χ0) is 13.8. The zero-order valence-corrected chi connectivity index (χ0v) is 12.1. The lowest BCUT2D eigenvalue weighted by Crippen LogP contribution is -2.33. The van der Waals surface area contributed by atoms with Crippen molar-refractivity contribution in [2.24, 2.45) is 0 Å². The van der Waals surface area contributed by atoms with Crippen LogP contribution in [0.3, 0.4) is 0 Å². The van der Waals surface area contributed by atoms with Crippen LogP contribution in [0.5, 0.6) is 0 Å². The van der Waals surface area contributed by atoms with Gasteiger partial charge in [-0.25, -0.2) is 0 Å². The van der Waals surface area contributed by atoms with Crippen LogP contribution in [-0.2, 0) is 16.8 Å². The fraction of sp³-hybridized carbons (Fsp3) is 0.533. The standard InChI is InChI=1S/C15H24N2O/c1-15(2,3)13-8-6-12(7-9-13)11-17(5)14(18)10-16-4/h6-9,16H,10-11H2,1-5H3. The molecule has 1 aromatic rings. The summed E-state index contributed by atoms with van der Waals surface area (Å²) in [6.45, 7) is 7.64. The molecule has 0 spiro atoms. The number of nitrogens with one attached hydrogen (secondary N) is 1. The molecule has 0 saturated carbocycles. The molecule has 3 nitrogen and oxygen atoms in total. The summed E-state index contributed by atoms with van der Waals surface area (Å²) in [5.41, 5.74) is 2.65. The average molecular weight is 248 g/mol. The summed E-state index contributed by atoms with van der Waals surface area (Å²) in [7, 11) is 3.61. The zero-order valence-electron chi connectivity index (χ0n) is 12.1. The molecule has 3 heteroatoms. The van der Waals surface area contributed by atoms with E-state index < -0.39 is 0 Å². The van der Waals surface area contributed by atoms with Gasteiger partial charge in [0.05, 0.1) is 6.54 Å². The van der Waals surface area contributed by atoms with E-state index in [1.807, 2.05) is 7.05 Å². The quantitative estimate of drug-likeness (QED) is 0.885. The van der Waals surface area contributed by atoms with Crippen molar-refractivity contribution in [3.8, 4) is 0 Å². The highest BCUT2D eigenvalue weighted by atomic mass is 16.2. The van der Waals surface area contributed by atoms with Gasteiger partial charge in [-0.15, -0.1) is 0 Å². The molecule has 0 aliphatic heterocycles. The lowest BCUT2D eigenvalue weighted by atomic mass is 9.87. The van der Waals surface area contributed by atoms with Crippen LogP contribution in [0.25, 0.3) is 0 Å². The van der Waals surface area contributed by atoms with Crippen LogP contribution in [-0.4, -0.2) is 31.4 Å². The van der Waals surface area contributed by atoms with Crippen LogP contribution in [0.1, 0.15) is 31.9 Å². The molecule has 1 N–H and O–H groups in total. The van der Waals surface area contributed by atoms with Crippen molar-refractivity contribution in [3.05, 3.63) is 35.4 Å². The maximum atomic E-state index is 11.6. The maximum absolute atomic E-state index is 11.6. The van der Waals surface area contributed by atoms with E-state index in [2.05, 4.69) is 50.4 Å². The predicted octanol–water partition coefficient (Wildman–Crippen LogP) is 2.16. The summed E-state index contributed by atoms with van der Waals surface area (Å²) in [4.78, 5) is 13.4. The highest BCUT2D eigenvalue weighted by Gasteiger charge is 2.13. The Bertz CT molecular complexity index is 390. The van der Waals surface area contributed by atoms with Crippen molar-refractivity contribution in [2.45, 2.75) is 32.7 Å². The number of nitrogens with zero attached hydrogens (tertiary/aromatic N) is 1. The molecule has 0 heterocycles. The number of amides is 1. The van der Waals surface area contributed by atoms with Gasteiger partial charge in [0.15, 0.2) is 0 Å². The predicted molar refractivity (Wildman–Crippen MR) is 75.5 cm³/mol. The molecular weight excluding hydrogens is 224 g/mol. The number of likely N-dealkylation sites (N-methyl/N-ethyl adjacent to an activating group) is 2. The Labute approximate surface area is 110 Å². The fourth-order valence-corrected chi connectivity index (χ4v) is 1.76. The Morgan fingerprint density at radius 3 is 2.22 bits per heavy atom. The van der Waals surface area contributed by atoms with E-state index in [0.717, 1.165) is 5.56 Å². The first-order valence-corrected chi connectivity index (χ1v) is 6.32. The lowest BCUT2D eigenvalue weighted by molar-refractivity contribution is -0.129. The Balaban J connectivity index is 2.67. The summed E-state index contributed by atoms with van der Waals surface area (Å²) >= 11 is 0. The molecule has 0 aliphatic rings. The SMILES string of the molecule is CNCC(=O)N(C)Cc1ccc(C(C)(C)C)cc1. The molecule has 0 bridgehead atoms. The first kappa shape index (κ1) is 14.7. The van der Waals surface area contributed by atoms with Crippen molar-refractivity contribution in [3.63, 3.8) is 0 Å². The van der Waals surface area contributed by atoms with E-state index in [0.29, 0.717) is 13.1 Å². The van der Waals surface area contributed by atoms with E-state index in [1.165, 1.54) is 5.56 Å². The highest BCUT2D eigenvalue weighted by Crippen LogP contribution is 2.22. The largest absolute Gasteiger partial charge is 0.340 e. The normalized spacial score (nSPS) is 11.4. The number of rotatable bonds is 4. The van der Waals surface area contributed by atoms with Gasteiger partial charge in [0.25, 0.3) is 0 Å². The Hall–Kier alpha value is -1.35. The number of hydrogen-bond acceptors (Lipinski definition) is 2. The van der Waals surface area contributed by atoms with Crippen molar-refractivity contribution in [1.82, 2.24) is 10.2 Å². The summed E-state index contributed by atoms with van der Waals surface area (Å²) in [5, 5.41) is 2.87. The van der Waals surface area contributed by atoms with E-state index >= 15 is 0 Å². The minimum Gasteiger partial charge on any atom is -0.340 e. The van der Waals surface area contributed by atoms with Gasteiger partial charge in [-0.1, -0.05) is 45.0 Å². The minimum absolute atomic E-state index is 0.109. The molecule has 0 aromatic heterocycles. The second kappa shape index (κ2) is 6.01. The molecular formula is C15H24N2O. The molecule has 0 radical (unpaired) electrons. The molecule has 0 aliphatic carbocycles. The number of carbonyl (C=O) groups excluding carboxylic acids is 1. The third-order valence-electron chi connectivity index (χ3n) is 2.99. The van der Waals surface area contributed by atoms with Crippen molar-refractivity contribution >= 4 is 5.91 Å². The molecule has 0 fully saturated rings. The third kappa shape index (κ3) is 4.15. The van der Waals surface area contributed by atoms with Gasteiger partial charge in [0.1, 0.15) is 0 Å². The van der Waals surface area contributed by atoms with E-state index in [4.69, 9.17) is 0 Å². The van der Waals surface area contributed by atoms with Gasteiger partial charge in [0, 0.05) is 13.6 Å². The molecule has 0 unspecified atom stereocenters.